The average molecular weight is 288 g/mol. The summed E-state index contributed by atoms with van der Waals surface area (Å²) in [4.78, 5) is 0. The summed E-state index contributed by atoms with van der Waals surface area (Å²) in [6, 6.07) is 0. The minimum Gasteiger partial charge on any atom is -0.393 e. The SMILES string of the molecule is C=C[C@]1(C)C=C2CC[C@@H]3C(C)(C)[C@@H](O)CC[C@]3(C)[C@H]2CC1. The monoisotopic (exact) mass is 288 g/mol. The van der Waals surface area contributed by atoms with Crippen LogP contribution in [0.5, 0.6) is 0 Å². The van der Waals surface area contributed by atoms with Crippen LogP contribution in [-0.2, 0) is 0 Å². The Bertz CT molecular complexity index is 474. The van der Waals surface area contributed by atoms with Gasteiger partial charge in [-0.3, -0.25) is 0 Å². The molecule has 0 bridgehead atoms. The Labute approximate surface area is 130 Å². The topological polar surface area (TPSA) is 20.2 Å². The molecule has 118 valence electrons. The highest BCUT2D eigenvalue weighted by atomic mass is 16.3. The standard InChI is InChI=1S/C20H32O/c1-6-19(4)11-9-15-14(13-19)7-8-16-18(2,3)17(21)10-12-20(15,16)5/h6,13,15-17,21H,1,7-12H2,2-5H3/t15-,16+,17-,19-,20+/m0/s1. The van der Waals surface area contributed by atoms with Gasteiger partial charge in [0, 0.05) is 5.41 Å². The molecule has 0 heterocycles. The highest BCUT2D eigenvalue weighted by Crippen LogP contribution is 2.63. The van der Waals surface area contributed by atoms with Gasteiger partial charge in [-0.25, -0.2) is 0 Å². The van der Waals surface area contributed by atoms with Crippen molar-refractivity contribution in [1.82, 2.24) is 0 Å². The lowest BCUT2D eigenvalue weighted by atomic mass is 9.45. The zero-order chi connectivity index (χ0) is 15.5. The van der Waals surface area contributed by atoms with Crippen LogP contribution in [0.4, 0.5) is 0 Å². The van der Waals surface area contributed by atoms with Crippen LogP contribution in [0, 0.1) is 28.1 Å². The summed E-state index contributed by atoms with van der Waals surface area (Å²) in [6.07, 6.45) is 11.7. The van der Waals surface area contributed by atoms with Crippen molar-refractivity contribution in [2.45, 2.75) is 72.3 Å². The molecule has 3 aliphatic carbocycles. The fraction of sp³-hybridized carbons (Fsp3) is 0.800. The van der Waals surface area contributed by atoms with Crippen molar-refractivity contribution in [2.75, 3.05) is 0 Å². The molecule has 2 fully saturated rings. The van der Waals surface area contributed by atoms with E-state index in [1.165, 1.54) is 32.1 Å². The Balaban J connectivity index is 1.97. The molecule has 5 atom stereocenters. The van der Waals surface area contributed by atoms with E-state index in [1.54, 1.807) is 5.57 Å². The molecule has 21 heavy (non-hydrogen) atoms. The van der Waals surface area contributed by atoms with Gasteiger partial charge in [-0.05, 0) is 61.2 Å². The summed E-state index contributed by atoms with van der Waals surface area (Å²) in [5.74, 6) is 1.39. The molecule has 0 radical (unpaired) electrons. The molecule has 1 heteroatoms. The van der Waals surface area contributed by atoms with Gasteiger partial charge in [0.2, 0.25) is 0 Å². The highest BCUT2D eigenvalue weighted by Gasteiger charge is 2.56. The zero-order valence-electron chi connectivity index (χ0n) is 14.3. The number of fused-ring (bicyclic) bond motifs is 3. The largest absolute Gasteiger partial charge is 0.393 e. The van der Waals surface area contributed by atoms with Crippen LogP contribution in [0.2, 0.25) is 0 Å². The third kappa shape index (κ3) is 2.15. The molecule has 2 saturated carbocycles. The number of hydrogen-bond donors (Lipinski definition) is 1. The van der Waals surface area contributed by atoms with Gasteiger partial charge in [-0.15, -0.1) is 6.58 Å². The molecule has 1 nitrogen and oxygen atoms in total. The van der Waals surface area contributed by atoms with Crippen molar-refractivity contribution in [3.8, 4) is 0 Å². The van der Waals surface area contributed by atoms with E-state index >= 15 is 0 Å². The van der Waals surface area contributed by atoms with Crippen molar-refractivity contribution >= 4 is 0 Å². The van der Waals surface area contributed by atoms with Gasteiger partial charge in [-0.2, -0.15) is 0 Å². The molecule has 0 aromatic heterocycles. The highest BCUT2D eigenvalue weighted by molar-refractivity contribution is 5.26. The van der Waals surface area contributed by atoms with Crippen molar-refractivity contribution in [3.63, 3.8) is 0 Å². The van der Waals surface area contributed by atoms with Crippen LogP contribution >= 0.6 is 0 Å². The van der Waals surface area contributed by atoms with Gasteiger partial charge < -0.3 is 5.11 Å². The minimum atomic E-state index is -0.122. The van der Waals surface area contributed by atoms with Crippen molar-refractivity contribution < 1.29 is 5.11 Å². The third-order valence-corrected chi connectivity index (χ3v) is 7.43. The maximum atomic E-state index is 10.5. The van der Waals surface area contributed by atoms with Crippen LogP contribution in [0.15, 0.2) is 24.3 Å². The lowest BCUT2D eigenvalue weighted by Gasteiger charge is -2.60. The van der Waals surface area contributed by atoms with Crippen molar-refractivity contribution in [2.24, 2.45) is 28.1 Å². The summed E-state index contributed by atoms with van der Waals surface area (Å²) >= 11 is 0. The molecular weight excluding hydrogens is 256 g/mol. The maximum Gasteiger partial charge on any atom is 0.0594 e. The van der Waals surface area contributed by atoms with Gasteiger partial charge >= 0.3 is 0 Å². The minimum absolute atomic E-state index is 0.0672. The number of rotatable bonds is 1. The van der Waals surface area contributed by atoms with E-state index in [-0.39, 0.29) is 16.9 Å². The predicted octanol–water partition coefficient (Wildman–Crippen LogP) is 5.11. The van der Waals surface area contributed by atoms with E-state index in [2.05, 4.69) is 46.4 Å². The molecule has 1 N–H and O–H groups in total. The molecule has 3 rings (SSSR count). The van der Waals surface area contributed by atoms with Crippen LogP contribution < -0.4 is 0 Å². The molecule has 0 amide bonds. The van der Waals surface area contributed by atoms with Gasteiger partial charge in [0.25, 0.3) is 0 Å². The first kappa shape index (κ1) is 15.3. The van der Waals surface area contributed by atoms with E-state index in [0.717, 1.165) is 12.3 Å². The van der Waals surface area contributed by atoms with Crippen molar-refractivity contribution in [1.29, 1.82) is 0 Å². The summed E-state index contributed by atoms with van der Waals surface area (Å²) in [7, 11) is 0. The molecule has 0 aliphatic heterocycles. The number of hydrogen-bond acceptors (Lipinski definition) is 1. The Morgan fingerprint density at radius 3 is 2.52 bits per heavy atom. The average Bonchev–Trinajstić information content (AvgIpc) is 2.43. The third-order valence-electron chi connectivity index (χ3n) is 7.43. The fourth-order valence-electron chi connectivity index (χ4n) is 5.90. The van der Waals surface area contributed by atoms with E-state index < -0.39 is 0 Å². The zero-order valence-corrected chi connectivity index (χ0v) is 14.3. The van der Waals surface area contributed by atoms with Crippen LogP contribution in [0.25, 0.3) is 0 Å². The van der Waals surface area contributed by atoms with Crippen LogP contribution in [-0.4, -0.2) is 11.2 Å². The van der Waals surface area contributed by atoms with E-state index in [9.17, 15) is 5.11 Å². The van der Waals surface area contributed by atoms with Gasteiger partial charge in [-0.1, -0.05) is 45.4 Å². The Morgan fingerprint density at radius 2 is 1.86 bits per heavy atom. The molecular formula is C20H32O. The Kier molecular flexibility index (Phi) is 3.44. The second-order valence-corrected chi connectivity index (χ2v) is 8.99. The first-order valence-electron chi connectivity index (χ1n) is 8.76. The number of allylic oxidation sites excluding steroid dienone is 3. The Hall–Kier alpha value is -0.560. The molecule has 0 spiro atoms. The predicted molar refractivity (Wildman–Crippen MR) is 89.0 cm³/mol. The first-order chi connectivity index (χ1) is 9.73. The summed E-state index contributed by atoms with van der Waals surface area (Å²) in [5, 5.41) is 10.5. The van der Waals surface area contributed by atoms with Gasteiger partial charge in [0.1, 0.15) is 0 Å². The van der Waals surface area contributed by atoms with E-state index in [4.69, 9.17) is 0 Å². The second-order valence-electron chi connectivity index (χ2n) is 8.99. The lowest BCUT2D eigenvalue weighted by molar-refractivity contribution is -0.127. The van der Waals surface area contributed by atoms with Crippen LogP contribution in [0.3, 0.4) is 0 Å². The Morgan fingerprint density at radius 1 is 1.14 bits per heavy atom. The first-order valence-corrected chi connectivity index (χ1v) is 8.76. The number of aliphatic hydroxyl groups excluding tert-OH is 1. The second kappa shape index (κ2) is 4.72. The molecule has 0 aromatic carbocycles. The summed E-state index contributed by atoms with van der Waals surface area (Å²) in [6.45, 7) is 13.5. The van der Waals surface area contributed by atoms with E-state index in [0.29, 0.717) is 11.3 Å². The van der Waals surface area contributed by atoms with Crippen LogP contribution in [0.1, 0.15) is 66.2 Å². The quantitative estimate of drug-likeness (QED) is 0.665. The molecule has 0 unspecified atom stereocenters. The smallest absolute Gasteiger partial charge is 0.0594 e. The van der Waals surface area contributed by atoms with Gasteiger partial charge in [0.15, 0.2) is 0 Å². The summed E-state index contributed by atoms with van der Waals surface area (Å²) in [5.41, 5.74) is 2.35. The number of aliphatic hydroxyl groups is 1. The van der Waals surface area contributed by atoms with E-state index in [1.807, 2.05) is 0 Å². The lowest BCUT2D eigenvalue weighted by Crippen LogP contribution is -2.55. The summed E-state index contributed by atoms with van der Waals surface area (Å²) < 4.78 is 0. The molecule has 3 aliphatic rings. The fourth-order valence-corrected chi connectivity index (χ4v) is 5.90. The van der Waals surface area contributed by atoms with Crippen molar-refractivity contribution in [3.05, 3.63) is 24.3 Å². The normalized spacial score (nSPS) is 48.8. The van der Waals surface area contributed by atoms with Gasteiger partial charge in [0.05, 0.1) is 6.10 Å². The maximum absolute atomic E-state index is 10.5. The molecule has 0 aromatic rings. The molecule has 0 saturated heterocycles.